The van der Waals surface area contributed by atoms with Crippen molar-refractivity contribution in [1.29, 1.82) is 0 Å². The number of carbonyl (C=O) groups excluding carboxylic acids is 3. The normalized spacial score (nSPS) is 20.9. The second-order valence-electron chi connectivity index (χ2n) is 6.83. The van der Waals surface area contributed by atoms with E-state index >= 15 is 0 Å². The number of benzene rings is 1. The number of hydrogen-bond acceptors (Lipinski definition) is 6. The first-order valence-corrected chi connectivity index (χ1v) is 10.6. The summed E-state index contributed by atoms with van der Waals surface area (Å²) in [5.41, 5.74) is 0.641. The molecule has 2 aliphatic rings. The summed E-state index contributed by atoms with van der Waals surface area (Å²) in [5, 5.41) is 2.69. The molecule has 0 spiro atoms. The van der Waals surface area contributed by atoms with E-state index in [1.807, 2.05) is 6.07 Å². The van der Waals surface area contributed by atoms with Crippen LogP contribution in [0.2, 0.25) is 5.02 Å². The lowest BCUT2D eigenvalue weighted by Crippen LogP contribution is -2.51. The van der Waals surface area contributed by atoms with Crippen LogP contribution in [-0.4, -0.2) is 71.7 Å². The first-order chi connectivity index (χ1) is 13.4. The van der Waals surface area contributed by atoms with Gasteiger partial charge in [-0.2, -0.15) is 0 Å². The van der Waals surface area contributed by atoms with Gasteiger partial charge in [0.2, 0.25) is 5.91 Å². The summed E-state index contributed by atoms with van der Waals surface area (Å²) >= 11 is 7.24. The predicted octanol–water partition coefficient (Wildman–Crippen LogP) is 2.24. The van der Waals surface area contributed by atoms with Gasteiger partial charge in [-0.3, -0.25) is 14.4 Å². The molecule has 2 aliphatic heterocycles. The van der Waals surface area contributed by atoms with Crippen LogP contribution in [0, 0.1) is 0 Å². The van der Waals surface area contributed by atoms with Crippen molar-refractivity contribution in [3.8, 4) is 0 Å². The third-order valence-corrected chi connectivity index (χ3v) is 6.41. The van der Waals surface area contributed by atoms with Gasteiger partial charge in [0.1, 0.15) is 0 Å². The lowest BCUT2D eigenvalue weighted by molar-refractivity contribution is -0.160. The van der Waals surface area contributed by atoms with E-state index in [0.717, 1.165) is 24.5 Å². The molecule has 2 heterocycles. The van der Waals surface area contributed by atoms with Crippen molar-refractivity contribution in [3.05, 3.63) is 23.2 Å². The van der Waals surface area contributed by atoms with Crippen LogP contribution in [0.15, 0.2) is 23.1 Å². The molecule has 0 bridgehead atoms. The topological polar surface area (TPSA) is 79.0 Å². The van der Waals surface area contributed by atoms with Gasteiger partial charge in [-0.05, 0) is 31.7 Å². The molecule has 7 nitrogen and oxygen atoms in total. The summed E-state index contributed by atoms with van der Waals surface area (Å²) in [6, 6.07) is 5.22. The van der Waals surface area contributed by atoms with E-state index in [1.54, 1.807) is 24.0 Å². The van der Waals surface area contributed by atoms with Crippen molar-refractivity contribution in [2.45, 2.75) is 36.5 Å². The minimum absolute atomic E-state index is 0.0974. The molecule has 1 saturated heterocycles. The second kappa shape index (κ2) is 9.15. The Morgan fingerprint density at radius 1 is 1.32 bits per heavy atom. The van der Waals surface area contributed by atoms with Crippen LogP contribution in [0.1, 0.15) is 20.3 Å². The molecule has 1 fully saturated rings. The Morgan fingerprint density at radius 3 is 2.71 bits per heavy atom. The largest absolute Gasteiger partial charge is 0.452 e. The minimum Gasteiger partial charge on any atom is -0.452 e. The van der Waals surface area contributed by atoms with Crippen LogP contribution in [0.4, 0.5) is 5.69 Å². The Balaban J connectivity index is 1.51. The molecule has 3 rings (SSSR count). The number of nitrogens with zero attached hydrogens (tertiary/aromatic N) is 2. The fraction of sp³-hybridized carbons (Fsp3) is 0.526. The number of rotatable bonds is 5. The highest BCUT2D eigenvalue weighted by atomic mass is 35.5. The molecule has 1 aromatic rings. The van der Waals surface area contributed by atoms with Crippen LogP contribution < -0.4 is 5.32 Å². The maximum atomic E-state index is 12.5. The third-order valence-electron chi connectivity index (χ3n) is 4.90. The summed E-state index contributed by atoms with van der Waals surface area (Å²) < 4.78 is 5.32. The number of thioether (sulfide) groups is 1. The van der Waals surface area contributed by atoms with Crippen LogP contribution in [0.25, 0.3) is 0 Å². The van der Waals surface area contributed by atoms with Gasteiger partial charge in [-0.1, -0.05) is 18.5 Å². The highest BCUT2D eigenvalue weighted by molar-refractivity contribution is 8.01. The van der Waals surface area contributed by atoms with Crippen LogP contribution >= 0.6 is 23.4 Å². The number of likely N-dealkylation sites (N-methyl/N-ethyl adjacent to an activating group) is 1. The van der Waals surface area contributed by atoms with Gasteiger partial charge >= 0.3 is 5.97 Å². The Bertz CT molecular complexity index is 768. The number of hydrogen-bond donors (Lipinski definition) is 1. The van der Waals surface area contributed by atoms with E-state index < -0.39 is 17.3 Å². The molecule has 0 radical (unpaired) electrons. The lowest BCUT2D eigenvalue weighted by Gasteiger charge is -2.35. The van der Waals surface area contributed by atoms with Crippen molar-refractivity contribution in [2.24, 2.45) is 0 Å². The van der Waals surface area contributed by atoms with E-state index in [2.05, 4.69) is 17.1 Å². The van der Waals surface area contributed by atoms with E-state index in [4.69, 9.17) is 16.3 Å². The van der Waals surface area contributed by atoms with Gasteiger partial charge in [0, 0.05) is 36.1 Å². The van der Waals surface area contributed by atoms with E-state index in [-0.39, 0.29) is 18.2 Å². The van der Waals surface area contributed by atoms with Crippen molar-refractivity contribution in [2.75, 3.05) is 38.0 Å². The molecule has 28 heavy (non-hydrogen) atoms. The molecule has 9 heteroatoms. The number of amides is 2. The number of piperazine rings is 1. The van der Waals surface area contributed by atoms with Gasteiger partial charge in [-0.15, -0.1) is 11.8 Å². The molecular formula is C19H24ClN3O4S. The Labute approximate surface area is 173 Å². The van der Waals surface area contributed by atoms with Gasteiger partial charge < -0.3 is 19.9 Å². The van der Waals surface area contributed by atoms with E-state index in [1.165, 1.54) is 11.8 Å². The number of ether oxygens (including phenoxy) is 1. The molecule has 2 amide bonds. The Hall–Kier alpha value is -1.77. The first-order valence-electron chi connectivity index (χ1n) is 9.35. The number of anilines is 1. The molecule has 2 atom stereocenters. The number of nitrogens with one attached hydrogen (secondary N) is 1. The molecule has 152 valence electrons. The molecule has 0 unspecified atom stereocenters. The summed E-state index contributed by atoms with van der Waals surface area (Å²) in [7, 11) is 0. The van der Waals surface area contributed by atoms with E-state index in [9.17, 15) is 14.4 Å². The first kappa shape index (κ1) is 21.0. The minimum atomic E-state index is -0.858. The van der Waals surface area contributed by atoms with Gasteiger partial charge in [-0.25, -0.2) is 0 Å². The number of carbonyl (C=O) groups is 3. The highest BCUT2D eigenvalue weighted by Gasteiger charge is 2.32. The fourth-order valence-electron chi connectivity index (χ4n) is 3.25. The van der Waals surface area contributed by atoms with E-state index in [0.29, 0.717) is 23.8 Å². The highest BCUT2D eigenvalue weighted by Crippen LogP contribution is 2.38. The summed E-state index contributed by atoms with van der Waals surface area (Å²) in [6.45, 7) is 7.55. The van der Waals surface area contributed by atoms with Crippen molar-refractivity contribution in [3.63, 3.8) is 0 Å². The standard InChI is InChI=1S/C19H24ClN3O4S/c1-3-22-6-8-23(9-7-22)19(26)12(2)27-17(24)11-16-18(25)21-14-10-13(20)4-5-15(14)28-16/h4-5,10,12,16H,3,6-9,11H2,1-2H3,(H,21,25)/t12-,16+/m0/s1. The zero-order valence-electron chi connectivity index (χ0n) is 15.9. The number of esters is 1. The van der Waals surface area contributed by atoms with Crippen molar-refractivity contribution >= 4 is 46.8 Å². The van der Waals surface area contributed by atoms with Crippen molar-refractivity contribution in [1.82, 2.24) is 9.80 Å². The molecule has 1 N–H and O–H groups in total. The number of halogens is 1. The second-order valence-corrected chi connectivity index (χ2v) is 8.51. The quantitative estimate of drug-likeness (QED) is 0.729. The average Bonchev–Trinajstić information content (AvgIpc) is 2.68. The van der Waals surface area contributed by atoms with Gasteiger partial charge in [0.15, 0.2) is 6.10 Å². The molecular weight excluding hydrogens is 402 g/mol. The Kier molecular flexibility index (Phi) is 6.85. The van der Waals surface area contributed by atoms with Crippen LogP contribution in [0.5, 0.6) is 0 Å². The molecule has 0 aromatic heterocycles. The predicted molar refractivity (Wildman–Crippen MR) is 109 cm³/mol. The average molecular weight is 426 g/mol. The van der Waals surface area contributed by atoms with Gasteiger partial charge in [0.05, 0.1) is 17.4 Å². The molecule has 1 aromatic carbocycles. The Morgan fingerprint density at radius 2 is 2.04 bits per heavy atom. The monoisotopic (exact) mass is 425 g/mol. The maximum absolute atomic E-state index is 12.5. The van der Waals surface area contributed by atoms with Gasteiger partial charge in [0.25, 0.3) is 5.91 Å². The summed E-state index contributed by atoms with van der Waals surface area (Å²) in [5.74, 6) is -1.02. The third kappa shape index (κ3) is 4.98. The smallest absolute Gasteiger partial charge is 0.308 e. The SMILES string of the molecule is CCN1CCN(C(=O)[C@H](C)OC(=O)C[C@H]2Sc3ccc(Cl)cc3NC2=O)CC1. The molecule has 0 aliphatic carbocycles. The van der Waals surface area contributed by atoms with Crippen LogP contribution in [0.3, 0.4) is 0 Å². The van der Waals surface area contributed by atoms with Crippen molar-refractivity contribution < 1.29 is 19.1 Å². The van der Waals surface area contributed by atoms with Crippen LogP contribution in [-0.2, 0) is 19.1 Å². The summed E-state index contributed by atoms with van der Waals surface area (Å²) in [6.07, 6.45) is -0.955. The fourth-order valence-corrected chi connectivity index (χ4v) is 4.49. The lowest BCUT2D eigenvalue weighted by atomic mass is 10.2. The maximum Gasteiger partial charge on any atom is 0.308 e. The summed E-state index contributed by atoms with van der Waals surface area (Å²) in [4.78, 5) is 41.9. The molecule has 0 saturated carbocycles. The zero-order valence-corrected chi connectivity index (χ0v) is 17.5. The zero-order chi connectivity index (χ0) is 20.3. The number of fused-ring (bicyclic) bond motifs is 1.